The molecule has 8 rings (SSSR count). The molecule has 2 saturated heterocycles. The molecule has 1 aromatic carbocycles. The minimum atomic E-state index is -4.69. The van der Waals surface area contributed by atoms with Crippen LogP contribution in [0.15, 0.2) is 61.1 Å². The number of carbonyl (C=O) groups excluding carboxylic acids is 3. The number of rotatable bonds is 8. The summed E-state index contributed by atoms with van der Waals surface area (Å²) in [5.74, 6) is 0.504. The summed E-state index contributed by atoms with van der Waals surface area (Å²) in [5.41, 5.74) is 0.421. The number of piperidine rings is 1. The van der Waals surface area contributed by atoms with Crippen LogP contribution in [0.1, 0.15) is 98.1 Å². The first-order valence-corrected chi connectivity index (χ1v) is 19.1. The number of amides is 4. The van der Waals surface area contributed by atoms with Gasteiger partial charge in [0.1, 0.15) is 22.9 Å². The molecule has 13 nitrogen and oxygen atoms in total. The van der Waals surface area contributed by atoms with E-state index in [0.29, 0.717) is 35.3 Å². The molecule has 3 aliphatic rings. The van der Waals surface area contributed by atoms with Gasteiger partial charge < -0.3 is 15.3 Å². The van der Waals surface area contributed by atoms with Gasteiger partial charge in [0.25, 0.3) is 5.91 Å². The maximum Gasteiger partial charge on any atom is 0.433 e. The van der Waals surface area contributed by atoms with Gasteiger partial charge in [-0.3, -0.25) is 28.9 Å². The molecule has 294 valence electrons. The molecule has 6 heterocycles. The Morgan fingerprint density at radius 1 is 1.00 bits per heavy atom. The second-order valence-corrected chi connectivity index (χ2v) is 15.8. The maximum atomic E-state index is 13.2. The normalized spacial score (nSPS) is 20.5. The molecule has 4 amide bonds. The number of imidazole rings is 1. The van der Waals surface area contributed by atoms with E-state index in [1.165, 1.54) is 11.6 Å². The number of pyridine rings is 2. The molecule has 0 bridgehead atoms. The molecular weight excluding hydrogens is 727 g/mol. The van der Waals surface area contributed by atoms with Crippen molar-refractivity contribution in [2.75, 3.05) is 36.4 Å². The van der Waals surface area contributed by atoms with Gasteiger partial charge in [0.2, 0.25) is 5.91 Å². The second kappa shape index (κ2) is 14.6. The fourth-order valence-electron chi connectivity index (χ4n) is 8.50. The third kappa shape index (κ3) is 7.59. The third-order valence-electron chi connectivity index (χ3n) is 11.5. The number of anilines is 2. The summed E-state index contributed by atoms with van der Waals surface area (Å²) < 4.78 is 43.7. The first-order valence-electron chi connectivity index (χ1n) is 19.1. The van der Waals surface area contributed by atoms with E-state index in [0.717, 1.165) is 81.3 Å². The van der Waals surface area contributed by atoms with Crippen molar-refractivity contribution in [2.45, 2.75) is 82.5 Å². The number of imide groups is 1. The summed E-state index contributed by atoms with van der Waals surface area (Å²) in [6.07, 6.45) is 7.21. The summed E-state index contributed by atoms with van der Waals surface area (Å²) in [6, 6.07) is 10.5. The zero-order valence-electron chi connectivity index (χ0n) is 31.2. The highest BCUT2D eigenvalue weighted by Gasteiger charge is 2.34. The number of halogens is 3. The summed E-state index contributed by atoms with van der Waals surface area (Å²) >= 11 is 0. The predicted octanol–water partition coefficient (Wildman–Crippen LogP) is 6.63. The lowest BCUT2D eigenvalue weighted by Crippen LogP contribution is -2.50. The van der Waals surface area contributed by atoms with E-state index < -0.39 is 29.4 Å². The Hall–Kier alpha value is -5.35. The lowest BCUT2D eigenvalue weighted by Gasteiger charge is -2.36. The van der Waals surface area contributed by atoms with Gasteiger partial charge in [-0.05, 0) is 113 Å². The third-order valence-corrected chi connectivity index (χ3v) is 11.5. The van der Waals surface area contributed by atoms with Crippen molar-refractivity contribution in [1.82, 2.24) is 34.4 Å². The van der Waals surface area contributed by atoms with Gasteiger partial charge in [-0.25, -0.2) is 14.8 Å². The van der Waals surface area contributed by atoms with Crippen LogP contribution in [0.5, 0.6) is 0 Å². The van der Waals surface area contributed by atoms with Crippen LogP contribution in [-0.4, -0.2) is 78.2 Å². The number of carbonyl (C=O) groups is 3. The number of hydrogen-bond acceptors (Lipinski definition) is 8. The lowest BCUT2D eigenvalue weighted by molar-refractivity contribution is -0.141. The zero-order chi connectivity index (χ0) is 39.4. The Balaban J connectivity index is 0.881. The Labute approximate surface area is 320 Å². The standard InChI is InChI=1S/C40H44F3N9O4/c1-39(2,56)29-20-31-26(19-32(29)46-37(54)30-6-3-7-33(45-30)40(41,42)43)23-52(48-31)27-10-8-24(9-11-27)22-49-16-12-25(13-17-49)28-5-4-15-50-35(21-44-36(28)50)51-18-14-34(53)47-38(51)55/h3-7,15,19-21,23-25,27,56H,8-14,16-18,22H2,1-2H3,(H,46,54)(H,47,53,55). The minimum absolute atomic E-state index is 0.193. The molecule has 1 saturated carbocycles. The SMILES string of the molecule is CC(C)(O)c1cc2nn(C3CCC(CN4CCC(c5cccn6c(N7CCC(=O)NC7=O)cnc56)CC4)CC3)cc2cc1NC(=O)c1cccc(C(F)(F)F)n1. The number of nitrogens with zero attached hydrogens (tertiary/aromatic N) is 7. The number of likely N-dealkylation sites (tertiary alicyclic amines) is 1. The summed E-state index contributed by atoms with van der Waals surface area (Å²) in [6.45, 7) is 6.50. The lowest BCUT2D eigenvalue weighted by atomic mass is 9.84. The molecule has 5 aromatic rings. The Morgan fingerprint density at radius 3 is 2.48 bits per heavy atom. The number of fused-ring (bicyclic) bond motifs is 2. The van der Waals surface area contributed by atoms with Crippen LogP contribution in [0, 0.1) is 5.92 Å². The van der Waals surface area contributed by atoms with Crippen LogP contribution in [0.25, 0.3) is 16.6 Å². The molecule has 56 heavy (non-hydrogen) atoms. The van der Waals surface area contributed by atoms with Crippen LogP contribution >= 0.6 is 0 Å². The topological polar surface area (TPSA) is 150 Å². The highest BCUT2D eigenvalue weighted by molar-refractivity contribution is 6.05. The van der Waals surface area contributed by atoms with E-state index in [-0.39, 0.29) is 29.8 Å². The number of aromatic nitrogens is 5. The fraction of sp³-hybridized carbons (Fsp3) is 0.450. The molecule has 1 aliphatic carbocycles. The molecule has 2 aliphatic heterocycles. The zero-order valence-corrected chi connectivity index (χ0v) is 31.2. The fourth-order valence-corrected chi connectivity index (χ4v) is 8.50. The molecule has 3 N–H and O–H groups in total. The number of benzene rings is 1. The molecule has 0 atom stereocenters. The van der Waals surface area contributed by atoms with Crippen molar-refractivity contribution in [2.24, 2.45) is 5.92 Å². The Kier molecular flexibility index (Phi) is 9.81. The van der Waals surface area contributed by atoms with Crippen LogP contribution in [-0.2, 0) is 16.6 Å². The van der Waals surface area contributed by atoms with Crippen molar-refractivity contribution in [1.29, 1.82) is 0 Å². The van der Waals surface area contributed by atoms with Crippen molar-refractivity contribution < 1.29 is 32.7 Å². The molecule has 4 aromatic heterocycles. The quantitative estimate of drug-likeness (QED) is 0.159. The average molecular weight is 772 g/mol. The molecule has 0 radical (unpaired) electrons. The smallest absolute Gasteiger partial charge is 0.386 e. The van der Waals surface area contributed by atoms with E-state index in [4.69, 9.17) is 10.1 Å². The first-order chi connectivity index (χ1) is 26.7. The van der Waals surface area contributed by atoms with Crippen molar-refractivity contribution in [3.63, 3.8) is 0 Å². The van der Waals surface area contributed by atoms with Gasteiger partial charge in [0.05, 0.1) is 23.4 Å². The highest BCUT2D eigenvalue weighted by atomic mass is 19.4. The van der Waals surface area contributed by atoms with Crippen LogP contribution in [0.4, 0.5) is 29.5 Å². The number of urea groups is 1. The summed E-state index contributed by atoms with van der Waals surface area (Å²) in [5, 5.41) is 21.6. The van der Waals surface area contributed by atoms with Gasteiger partial charge in [0.15, 0.2) is 0 Å². The maximum absolute atomic E-state index is 13.2. The van der Waals surface area contributed by atoms with Crippen molar-refractivity contribution in [3.05, 3.63) is 83.6 Å². The van der Waals surface area contributed by atoms with Gasteiger partial charge in [-0.2, -0.15) is 18.3 Å². The first kappa shape index (κ1) is 37.6. The largest absolute Gasteiger partial charge is 0.433 e. The van der Waals surface area contributed by atoms with E-state index in [2.05, 4.69) is 26.6 Å². The molecular formula is C40H44F3N9O4. The van der Waals surface area contributed by atoms with E-state index in [1.807, 2.05) is 27.5 Å². The highest BCUT2D eigenvalue weighted by Crippen LogP contribution is 2.38. The van der Waals surface area contributed by atoms with Gasteiger partial charge >= 0.3 is 12.2 Å². The monoisotopic (exact) mass is 771 g/mol. The summed E-state index contributed by atoms with van der Waals surface area (Å²) in [7, 11) is 0. The van der Waals surface area contributed by atoms with Crippen molar-refractivity contribution in [3.8, 4) is 0 Å². The van der Waals surface area contributed by atoms with E-state index in [9.17, 15) is 32.7 Å². The molecule has 3 fully saturated rings. The number of hydrogen-bond donors (Lipinski definition) is 3. The van der Waals surface area contributed by atoms with Gasteiger partial charge in [-0.15, -0.1) is 0 Å². The second-order valence-electron chi connectivity index (χ2n) is 15.8. The Bertz CT molecular complexity index is 2300. The summed E-state index contributed by atoms with van der Waals surface area (Å²) in [4.78, 5) is 49.6. The number of alkyl halides is 3. The minimum Gasteiger partial charge on any atom is -0.386 e. The van der Waals surface area contributed by atoms with E-state index >= 15 is 0 Å². The average Bonchev–Trinajstić information content (AvgIpc) is 3.79. The van der Waals surface area contributed by atoms with Crippen LogP contribution in [0.2, 0.25) is 0 Å². The number of aliphatic hydroxyl groups is 1. The van der Waals surface area contributed by atoms with Crippen molar-refractivity contribution >= 4 is 45.9 Å². The van der Waals surface area contributed by atoms with Gasteiger partial charge in [-0.1, -0.05) is 12.1 Å². The van der Waals surface area contributed by atoms with Gasteiger partial charge in [0, 0.05) is 48.5 Å². The number of nitrogens with one attached hydrogen (secondary N) is 2. The molecule has 16 heteroatoms. The van der Waals surface area contributed by atoms with Crippen LogP contribution < -0.4 is 15.5 Å². The molecule has 0 spiro atoms. The van der Waals surface area contributed by atoms with Crippen LogP contribution in [0.3, 0.4) is 0 Å². The predicted molar refractivity (Wildman–Crippen MR) is 202 cm³/mol. The Morgan fingerprint density at radius 2 is 1.77 bits per heavy atom. The molecule has 0 unspecified atom stereocenters. The van der Waals surface area contributed by atoms with E-state index in [1.54, 1.807) is 37.1 Å².